The fourth-order valence-electron chi connectivity index (χ4n) is 5.12. The second kappa shape index (κ2) is 18.5. The zero-order chi connectivity index (χ0) is 36.0. The molecular formula is C36H47N7O7. The monoisotopic (exact) mass is 689 g/mol. The van der Waals surface area contributed by atoms with Gasteiger partial charge in [-0.2, -0.15) is 0 Å². The molecule has 4 rings (SSSR count). The Hall–Kier alpha value is -5.21. The van der Waals surface area contributed by atoms with Gasteiger partial charge in [0.25, 0.3) is 5.91 Å². The van der Waals surface area contributed by atoms with Gasteiger partial charge in [-0.05, 0) is 23.5 Å². The minimum Gasteiger partial charge on any atom is -0.448 e. The first-order chi connectivity index (χ1) is 24.0. The van der Waals surface area contributed by atoms with Gasteiger partial charge in [0.15, 0.2) is 18.3 Å². The van der Waals surface area contributed by atoms with Gasteiger partial charge in [0.2, 0.25) is 0 Å². The molecule has 0 fully saturated rings. The van der Waals surface area contributed by atoms with Crippen LogP contribution >= 0.6 is 0 Å². The number of carbonyl (C=O) groups is 3. The molecule has 4 amide bonds. The first-order valence-corrected chi connectivity index (χ1v) is 16.6. The molecule has 2 aromatic heterocycles. The Bertz CT molecular complexity index is 1610. The van der Waals surface area contributed by atoms with Crippen LogP contribution in [-0.4, -0.2) is 75.0 Å². The van der Waals surface area contributed by atoms with E-state index in [1.54, 1.807) is 27.0 Å². The SMILES string of the molecule is CC(C)c1nc(CN(C)C(=O)N[C@H](C(=O)N(NC(=O)OCc2ccno2)[C@@H](Cc2ccccc2)[C@@H](O)CNCc2ccccc2)C(C)C)co1. The lowest BCUT2D eigenvalue weighted by Gasteiger charge is -2.38. The largest absolute Gasteiger partial charge is 0.448 e. The quantitative estimate of drug-likeness (QED) is 0.124. The predicted molar refractivity (Wildman–Crippen MR) is 184 cm³/mol. The molecule has 50 heavy (non-hydrogen) atoms. The highest BCUT2D eigenvalue weighted by molar-refractivity contribution is 5.88. The number of ether oxygens (including phenoxy) is 1. The topological polar surface area (TPSA) is 175 Å². The molecular weight excluding hydrogens is 642 g/mol. The number of nitrogens with one attached hydrogen (secondary N) is 3. The van der Waals surface area contributed by atoms with Crippen LogP contribution in [0.1, 0.15) is 62.1 Å². The average Bonchev–Trinajstić information content (AvgIpc) is 3.81. The van der Waals surface area contributed by atoms with Crippen LogP contribution in [0.4, 0.5) is 9.59 Å². The van der Waals surface area contributed by atoms with Gasteiger partial charge in [0, 0.05) is 32.1 Å². The van der Waals surface area contributed by atoms with Gasteiger partial charge in [-0.15, -0.1) is 0 Å². The van der Waals surface area contributed by atoms with Crippen molar-refractivity contribution in [3.63, 3.8) is 0 Å². The summed E-state index contributed by atoms with van der Waals surface area (Å²) in [5.41, 5.74) is 4.95. The van der Waals surface area contributed by atoms with Crippen LogP contribution in [0.3, 0.4) is 0 Å². The number of amides is 4. The summed E-state index contributed by atoms with van der Waals surface area (Å²) < 4.78 is 15.9. The number of aliphatic hydroxyl groups excluding tert-OH is 1. The molecule has 14 heteroatoms. The molecule has 0 radical (unpaired) electrons. The molecule has 0 aliphatic carbocycles. The zero-order valence-corrected chi connectivity index (χ0v) is 29.1. The molecule has 0 saturated heterocycles. The van der Waals surface area contributed by atoms with Crippen molar-refractivity contribution in [3.05, 3.63) is 108 Å². The van der Waals surface area contributed by atoms with Gasteiger partial charge in [-0.3, -0.25) is 4.79 Å². The summed E-state index contributed by atoms with van der Waals surface area (Å²) in [7, 11) is 1.58. The Morgan fingerprint density at radius 2 is 1.64 bits per heavy atom. The molecule has 0 unspecified atom stereocenters. The first-order valence-electron chi connectivity index (χ1n) is 16.6. The van der Waals surface area contributed by atoms with E-state index in [1.807, 2.05) is 74.5 Å². The Kier molecular flexibility index (Phi) is 13.9. The summed E-state index contributed by atoms with van der Waals surface area (Å²) >= 11 is 0. The molecule has 2 heterocycles. The number of benzene rings is 2. The summed E-state index contributed by atoms with van der Waals surface area (Å²) in [4.78, 5) is 47.0. The second-order valence-corrected chi connectivity index (χ2v) is 12.7. The molecule has 3 atom stereocenters. The van der Waals surface area contributed by atoms with Crippen LogP contribution in [0, 0.1) is 5.92 Å². The maximum atomic E-state index is 14.5. The number of urea groups is 1. The third-order valence-corrected chi connectivity index (χ3v) is 7.90. The number of carbonyl (C=O) groups excluding carboxylic acids is 3. The molecule has 268 valence electrons. The van der Waals surface area contributed by atoms with Crippen molar-refractivity contribution in [2.75, 3.05) is 13.6 Å². The minimum atomic E-state index is -1.16. The molecule has 14 nitrogen and oxygen atoms in total. The number of hydrazine groups is 1. The van der Waals surface area contributed by atoms with Crippen molar-refractivity contribution >= 4 is 18.0 Å². The third-order valence-electron chi connectivity index (χ3n) is 7.90. The molecule has 4 aromatic rings. The fraction of sp³-hybridized carbons (Fsp3) is 0.417. The standard InChI is InChI=1S/C36H47N7O7/c1-24(2)32(40-35(46)42(5)21-28-22-48-33(39-28)25(3)4)34(45)43(41-36(47)49-23-29-16-17-38-50-29)30(18-26-12-8-6-9-13-26)31(44)20-37-19-27-14-10-7-11-15-27/h6-17,22,24-25,30-32,37,44H,18-21,23H2,1-5H3,(H,40,46)(H,41,47)/t30-,31-,32-/m0/s1. The highest BCUT2D eigenvalue weighted by Crippen LogP contribution is 2.18. The number of aromatic nitrogens is 2. The predicted octanol–water partition coefficient (Wildman–Crippen LogP) is 4.38. The number of nitrogens with zero attached hydrogens (tertiary/aromatic N) is 4. The zero-order valence-electron chi connectivity index (χ0n) is 29.1. The maximum Gasteiger partial charge on any atom is 0.426 e. The van der Waals surface area contributed by atoms with Gasteiger partial charge >= 0.3 is 12.1 Å². The minimum absolute atomic E-state index is 0.0828. The van der Waals surface area contributed by atoms with Crippen LogP contribution in [0.25, 0.3) is 0 Å². The number of rotatable bonds is 16. The van der Waals surface area contributed by atoms with E-state index in [0.717, 1.165) is 16.1 Å². The lowest BCUT2D eigenvalue weighted by atomic mass is 9.97. The van der Waals surface area contributed by atoms with Crippen LogP contribution in [0.5, 0.6) is 0 Å². The van der Waals surface area contributed by atoms with E-state index in [9.17, 15) is 19.5 Å². The normalized spacial score (nSPS) is 13.0. The van der Waals surface area contributed by atoms with E-state index in [2.05, 4.69) is 26.2 Å². The van der Waals surface area contributed by atoms with Crippen molar-refractivity contribution in [2.45, 2.75) is 77.9 Å². The van der Waals surface area contributed by atoms with Crippen LogP contribution < -0.4 is 16.1 Å². The molecule has 0 bridgehead atoms. The van der Waals surface area contributed by atoms with Gasteiger partial charge in [-0.1, -0.05) is 93.5 Å². The summed E-state index contributed by atoms with van der Waals surface area (Å²) in [6.45, 7) is 7.92. The average molecular weight is 690 g/mol. The van der Waals surface area contributed by atoms with E-state index in [0.29, 0.717) is 23.9 Å². The third kappa shape index (κ3) is 11.2. The molecule has 0 aliphatic heterocycles. The van der Waals surface area contributed by atoms with E-state index in [1.165, 1.54) is 17.4 Å². The fourth-order valence-corrected chi connectivity index (χ4v) is 5.12. The maximum absolute atomic E-state index is 14.5. The van der Waals surface area contributed by atoms with Gasteiger partial charge in [0.1, 0.15) is 12.3 Å². The summed E-state index contributed by atoms with van der Waals surface area (Å²) in [5, 5.41) is 22.4. The highest BCUT2D eigenvalue weighted by Gasteiger charge is 2.38. The summed E-state index contributed by atoms with van der Waals surface area (Å²) in [6, 6.07) is 17.9. The lowest BCUT2D eigenvalue weighted by Crippen LogP contribution is -2.64. The van der Waals surface area contributed by atoms with Crippen LogP contribution in [0.15, 0.2) is 88.1 Å². The molecule has 2 aromatic carbocycles. The van der Waals surface area contributed by atoms with Crippen LogP contribution in [0.2, 0.25) is 0 Å². The highest BCUT2D eigenvalue weighted by atomic mass is 16.6. The van der Waals surface area contributed by atoms with Crippen molar-refractivity contribution in [2.24, 2.45) is 5.92 Å². The molecule has 4 N–H and O–H groups in total. The lowest BCUT2D eigenvalue weighted by molar-refractivity contribution is -0.143. The van der Waals surface area contributed by atoms with E-state index < -0.39 is 42.1 Å². The van der Waals surface area contributed by atoms with Crippen molar-refractivity contribution in [1.82, 2.24) is 36.1 Å². The van der Waals surface area contributed by atoms with Crippen molar-refractivity contribution in [3.8, 4) is 0 Å². The van der Waals surface area contributed by atoms with Crippen molar-refractivity contribution in [1.29, 1.82) is 0 Å². The van der Waals surface area contributed by atoms with E-state index >= 15 is 0 Å². The Morgan fingerprint density at radius 3 is 2.24 bits per heavy atom. The molecule has 0 spiro atoms. The molecule has 0 aliphatic rings. The van der Waals surface area contributed by atoms with Crippen LogP contribution in [-0.2, 0) is 35.6 Å². The molecule has 0 saturated carbocycles. The first kappa shape index (κ1) is 37.6. The number of hydrogen-bond acceptors (Lipinski definition) is 10. The van der Waals surface area contributed by atoms with E-state index in [4.69, 9.17) is 13.7 Å². The smallest absolute Gasteiger partial charge is 0.426 e. The Morgan fingerprint density at radius 1 is 0.960 bits per heavy atom. The number of oxazole rings is 1. The Labute approximate surface area is 292 Å². The van der Waals surface area contributed by atoms with Gasteiger partial charge in [0.05, 0.1) is 30.6 Å². The second-order valence-electron chi connectivity index (χ2n) is 12.7. The van der Waals surface area contributed by atoms with E-state index in [-0.39, 0.29) is 32.0 Å². The van der Waals surface area contributed by atoms with Gasteiger partial charge in [-0.25, -0.2) is 25.0 Å². The summed E-state index contributed by atoms with van der Waals surface area (Å²) in [5.74, 6) is -0.127. The number of aliphatic hydroxyl groups is 1. The summed E-state index contributed by atoms with van der Waals surface area (Å²) in [6.07, 6.45) is 0.967. The van der Waals surface area contributed by atoms with Gasteiger partial charge < -0.3 is 34.3 Å². The Balaban J connectivity index is 1.58. The van der Waals surface area contributed by atoms with Crippen molar-refractivity contribution < 1.29 is 33.2 Å². The number of hydrogen-bond donors (Lipinski definition) is 4.